The molecule has 0 saturated carbocycles. The van der Waals surface area contributed by atoms with Gasteiger partial charge in [-0.05, 0) is 39.3 Å². The van der Waals surface area contributed by atoms with Gasteiger partial charge in [0.2, 0.25) is 0 Å². The molecule has 0 spiro atoms. The topological polar surface area (TPSA) is 35.5 Å². The number of hydrogen-bond donors (Lipinski definition) is 0. The highest BCUT2D eigenvalue weighted by atomic mass is 35.5. The maximum Gasteiger partial charge on any atom is 0.312 e. The van der Waals surface area contributed by atoms with E-state index in [0.29, 0.717) is 12.0 Å². The lowest BCUT2D eigenvalue weighted by atomic mass is 11.0. The Morgan fingerprint density at radius 2 is 1.33 bits per heavy atom. The summed E-state index contributed by atoms with van der Waals surface area (Å²) in [5.74, 6) is 0.312. The number of halogens is 1. The smallest absolute Gasteiger partial charge is 0.312 e. The van der Waals surface area contributed by atoms with Crippen molar-refractivity contribution in [2.24, 2.45) is 0 Å². The van der Waals surface area contributed by atoms with Crippen LogP contribution in [0.15, 0.2) is 0 Å². The first-order valence-corrected chi connectivity index (χ1v) is 14.1. The summed E-state index contributed by atoms with van der Waals surface area (Å²) in [6, 6.07) is 0. The van der Waals surface area contributed by atoms with Crippen LogP contribution in [0.1, 0.15) is 0 Å². The van der Waals surface area contributed by atoms with Crippen LogP contribution in [-0.4, -0.2) is 28.7 Å². The maximum absolute atomic E-state index is 12.4. The molecule has 0 rings (SSSR count). The summed E-state index contributed by atoms with van der Waals surface area (Å²) in [6.45, 7) is 12.0. The summed E-state index contributed by atoms with van der Waals surface area (Å²) in [7, 11) is -6.68. The van der Waals surface area contributed by atoms with Gasteiger partial charge in [-0.1, -0.05) is 0 Å². The average molecular weight is 289 g/mol. The van der Waals surface area contributed by atoms with E-state index in [0.717, 1.165) is 0 Å². The molecule has 0 saturated heterocycles. The van der Waals surface area contributed by atoms with Gasteiger partial charge < -0.3 is 8.43 Å². The molecule has 0 amide bonds. The normalized spacial score (nSPS) is 14.3. The second kappa shape index (κ2) is 5.47. The fourth-order valence-corrected chi connectivity index (χ4v) is 9.77. The van der Waals surface area contributed by atoms with E-state index in [4.69, 9.17) is 20.0 Å². The quantitative estimate of drug-likeness (QED) is 0.419. The molecule has 7 heteroatoms. The summed E-state index contributed by atoms with van der Waals surface area (Å²) in [6.07, 6.45) is 0.309. The van der Waals surface area contributed by atoms with Gasteiger partial charge in [-0.15, -0.1) is 11.6 Å². The van der Waals surface area contributed by atoms with Crippen LogP contribution >= 0.6 is 19.2 Å². The summed E-state index contributed by atoms with van der Waals surface area (Å²) >= 11 is 5.64. The molecule has 0 aromatic rings. The van der Waals surface area contributed by atoms with Gasteiger partial charge >= 0.3 is 7.60 Å². The summed E-state index contributed by atoms with van der Waals surface area (Å²) in [5.41, 5.74) is 0. The van der Waals surface area contributed by atoms with Crippen molar-refractivity contribution < 1.29 is 13.0 Å². The van der Waals surface area contributed by atoms with Crippen LogP contribution in [-0.2, 0) is 13.0 Å². The van der Waals surface area contributed by atoms with Gasteiger partial charge in [0.05, 0.1) is 6.16 Å². The van der Waals surface area contributed by atoms with E-state index in [9.17, 15) is 4.57 Å². The molecular weight excluding hydrogens is 267 g/mol. The van der Waals surface area contributed by atoms with Gasteiger partial charge in [0, 0.05) is 5.88 Å². The molecule has 0 aliphatic heterocycles. The van der Waals surface area contributed by atoms with Crippen LogP contribution in [0.4, 0.5) is 0 Å². The van der Waals surface area contributed by atoms with Crippen LogP contribution in [0.25, 0.3) is 0 Å². The predicted molar refractivity (Wildman–Crippen MR) is 72.1 cm³/mol. The van der Waals surface area contributed by atoms with E-state index in [1.54, 1.807) is 0 Å². The Bertz CT molecular complexity index is 227. The Hall–Kier alpha value is 0.874. The van der Waals surface area contributed by atoms with Gasteiger partial charge in [0.15, 0.2) is 16.6 Å². The van der Waals surface area contributed by atoms with Crippen LogP contribution in [0, 0.1) is 0 Å². The molecule has 92 valence electrons. The molecule has 15 heavy (non-hydrogen) atoms. The highest BCUT2D eigenvalue weighted by Gasteiger charge is 2.35. The Balaban J connectivity index is 4.68. The second-order valence-corrected chi connectivity index (χ2v) is 17.4. The molecule has 0 unspecified atom stereocenters. The third kappa shape index (κ3) is 8.66. The average Bonchev–Trinajstić information content (AvgIpc) is 1.74. The first kappa shape index (κ1) is 15.9. The lowest BCUT2D eigenvalue weighted by molar-refractivity contribution is 0.385. The number of rotatable bonds is 6. The minimum atomic E-state index is -2.97. The Labute approximate surface area is 100 Å². The SMILES string of the molecule is C[Si](C)(C)OP(=O)(CCCl)O[Si](C)(C)C. The van der Waals surface area contributed by atoms with E-state index in [1.165, 1.54) is 0 Å². The Morgan fingerprint density at radius 3 is 1.53 bits per heavy atom. The molecule has 0 fully saturated rings. The molecule has 0 aromatic heterocycles. The van der Waals surface area contributed by atoms with Crippen molar-refractivity contribution >= 4 is 35.8 Å². The van der Waals surface area contributed by atoms with Crippen LogP contribution < -0.4 is 0 Å². The Kier molecular flexibility index (Phi) is 5.79. The van der Waals surface area contributed by atoms with Crippen LogP contribution in [0.5, 0.6) is 0 Å². The molecule has 0 atom stereocenters. The highest BCUT2D eigenvalue weighted by molar-refractivity contribution is 7.57. The van der Waals surface area contributed by atoms with Crippen molar-refractivity contribution in [3.63, 3.8) is 0 Å². The van der Waals surface area contributed by atoms with E-state index in [2.05, 4.69) is 0 Å². The van der Waals surface area contributed by atoms with Gasteiger partial charge in [-0.3, -0.25) is 4.57 Å². The largest absolute Gasteiger partial charge is 0.352 e. The predicted octanol–water partition coefficient (Wildman–Crippen LogP) is 4.12. The van der Waals surface area contributed by atoms with Crippen LogP contribution in [0.3, 0.4) is 0 Å². The number of hydrogen-bond acceptors (Lipinski definition) is 3. The third-order valence-corrected chi connectivity index (χ3v) is 9.02. The molecule has 0 heterocycles. The van der Waals surface area contributed by atoms with Crippen molar-refractivity contribution in [1.29, 1.82) is 0 Å². The molecule has 0 bridgehead atoms. The number of alkyl halides is 1. The molecular formula is C8H22ClO3PSi2. The summed E-state index contributed by atoms with van der Waals surface area (Å²) in [4.78, 5) is 0. The van der Waals surface area contributed by atoms with Gasteiger partial charge in [0.25, 0.3) is 0 Å². The Morgan fingerprint density at radius 1 is 1.00 bits per heavy atom. The van der Waals surface area contributed by atoms with E-state index in [1.807, 2.05) is 39.3 Å². The zero-order valence-corrected chi connectivity index (χ0v) is 14.1. The lowest BCUT2D eigenvalue weighted by Gasteiger charge is -2.30. The summed E-state index contributed by atoms with van der Waals surface area (Å²) < 4.78 is 23.7. The van der Waals surface area contributed by atoms with E-state index in [-0.39, 0.29) is 0 Å². The van der Waals surface area contributed by atoms with Gasteiger partial charge in [-0.25, -0.2) is 0 Å². The molecule has 3 nitrogen and oxygen atoms in total. The zero-order valence-electron chi connectivity index (χ0n) is 10.5. The lowest BCUT2D eigenvalue weighted by Crippen LogP contribution is -2.30. The fourth-order valence-electron chi connectivity index (χ4n) is 1.05. The van der Waals surface area contributed by atoms with E-state index >= 15 is 0 Å². The van der Waals surface area contributed by atoms with Crippen molar-refractivity contribution in [3.05, 3.63) is 0 Å². The monoisotopic (exact) mass is 288 g/mol. The summed E-state index contributed by atoms with van der Waals surface area (Å²) in [5, 5.41) is 0. The first-order chi connectivity index (χ1) is 6.47. The minimum absolute atomic E-state index is 0.309. The van der Waals surface area contributed by atoms with Gasteiger partial charge in [-0.2, -0.15) is 0 Å². The standard InChI is InChI=1S/C8H22ClO3PSi2/c1-14(2,3)11-13(10,8-7-9)12-15(4,5)6/h7-8H2,1-6H3. The van der Waals surface area contributed by atoms with Crippen molar-refractivity contribution in [1.82, 2.24) is 0 Å². The molecule has 0 aliphatic carbocycles. The van der Waals surface area contributed by atoms with Crippen LogP contribution in [0.2, 0.25) is 39.3 Å². The fraction of sp³-hybridized carbons (Fsp3) is 1.00. The van der Waals surface area contributed by atoms with Crippen molar-refractivity contribution in [2.75, 3.05) is 12.0 Å². The zero-order chi connectivity index (χ0) is 12.3. The second-order valence-electron chi connectivity index (χ2n) is 5.43. The maximum atomic E-state index is 12.4. The third-order valence-electron chi connectivity index (χ3n) is 1.18. The van der Waals surface area contributed by atoms with Crippen molar-refractivity contribution in [2.45, 2.75) is 39.3 Å². The molecule has 0 radical (unpaired) electrons. The van der Waals surface area contributed by atoms with Gasteiger partial charge in [0.1, 0.15) is 0 Å². The van der Waals surface area contributed by atoms with E-state index < -0.39 is 24.2 Å². The molecule has 0 aliphatic rings. The molecule has 0 N–H and O–H groups in total. The van der Waals surface area contributed by atoms with Crippen molar-refractivity contribution in [3.8, 4) is 0 Å². The first-order valence-electron chi connectivity index (χ1n) is 5.04. The minimum Gasteiger partial charge on any atom is -0.352 e. The highest BCUT2D eigenvalue weighted by Crippen LogP contribution is 2.52. The molecule has 0 aromatic carbocycles.